The van der Waals surface area contributed by atoms with Gasteiger partial charge in [-0.25, -0.2) is 13.1 Å². The second kappa shape index (κ2) is 6.15. The molecule has 1 aromatic rings. The second-order valence-electron chi connectivity index (χ2n) is 4.70. The van der Waals surface area contributed by atoms with Crippen LogP contribution < -0.4 is 4.72 Å². The van der Waals surface area contributed by atoms with Crippen LogP contribution in [0.15, 0.2) is 23.1 Å². The molecular formula is C13H18N2O3S. The number of aryl methyl sites for hydroxylation is 1. The first-order chi connectivity index (χ1) is 8.76. The topological polar surface area (TPSA) is 90.2 Å². The zero-order chi connectivity index (χ0) is 14.6. The Kier molecular flexibility index (Phi) is 5.06. The molecule has 1 aromatic carbocycles. The van der Waals surface area contributed by atoms with E-state index in [1.807, 2.05) is 6.07 Å². The molecule has 0 radical (unpaired) electrons. The van der Waals surface area contributed by atoms with Crippen LogP contribution in [0.5, 0.6) is 0 Å². The first-order valence-electron chi connectivity index (χ1n) is 5.97. The summed E-state index contributed by atoms with van der Waals surface area (Å²) in [7, 11) is -3.62. The molecule has 0 aliphatic rings. The van der Waals surface area contributed by atoms with Crippen molar-refractivity contribution in [3.05, 3.63) is 29.3 Å². The number of hydrogen-bond acceptors (Lipinski definition) is 4. The molecule has 0 aliphatic carbocycles. The predicted octanol–water partition coefficient (Wildman–Crippen LogP) is 1.30. The van der Waals surface area contributed by atoms with Crippen molar-refractivity contribution in [1.82, 2.24) is 4.72 Å². The van der Waals surface area contributed by atoms with Crippen LogP contribution in [0.3, 0.4) is 0 Å². The predicted molar refractivity (Wildman–Crippen MR) is 72.0 cm³/mol. The smallest absolute Gasteiger partial charge is 0.240 e. The van der Waals surface area contributed by atoms with Crippen molar-refractivity contribution in [3.63, 3.8) is 0 Å². The van der Waals surface area contributed by atoms with Gasteiger partial charge in [0.15, 0.2) is 0 Å². The summed E-state index contributed by atoms with van der Waals surface area (Å²) >= 11 is 0. The molecule has 0 aromatic heterocycles. The van der Waals surface area contributed by atoms with Crippen LogP contribution in [0.4, 0.5) is 0 Å². The molecule has 0 saturated heterocycles. The van der Waals surface area contributed by atoms with Crippen molar-refractivity contribution in [2.75, 3.05) is 0 Å². The lowest BCUT2D eigenvalue weighted by Crippen LogP contribution is -2.34. The maximum atomic E-state index is 12.1. The van der Waals surface area contributed by atoms with Crippen molar-refractivity contribution < 1.29 is 13.5 Å². The first-order valence-corrected chi connectivity index (χ1v) is 7.45. The highest BCUT2D eigenvalue weighted by molar-refractivity contribution is 7.89. The molecule has 0 amide bonds. The minimum atomic E-state index is -3.62. The summed E-state index contributed by atoms with van der Waals surface area (Å²) in [6.07, 6.45) is -0.227. The molecular weight excluding hydrogens is 264 g/mol. The highest BCUT2D eigenvalue weighted by atomic mass is 32.2. The van der Waals surface area contributed by atoms with Gasteiger partial charge in [-0.05, 0) is 51.0 Å². The molecule has 0 aliphatic heterocycles. The third-order valence-corrected chi connectivity index (χ3v) is 4.27. The van der Waals surface area contributed by atoms with E-state index in [1.54, 1.807) is 20.8 Å². The standard InChI is InChI=1S/C13H18N2O3S/c1-9-6-13(5-4-12(9)8-14)19(17,18)15-10(2)7-11(3)16/h4-6,10-11,15-16H,7H2,1-3H3. The Bertz CT molecular complexity index is 588. The van der Waals surface area contributed by atoms with Gasteiger partial charge in [-0.1, -0.05) is 0 Å². The van der Waals surface area contributed by atoms with Gasteiger partial charge >= 0.3 is 0 Å². The van der Waals surface area contributed by atoms with E-state index < -0.39 is 16.1 Å². The SMILES string of the molecule is Cc1cc(S(=O)(=O)NC(C)CC(C)O)ccc1C#N. The average molecular weight is 282 g/mol. The number of aliphatic hydroxyl groups is 1. The lowest BCUT2D eigenvalue weighted by molar-refractivity contribution is 0.175. The minimum Gasteiger partial charge on any atom is -0.393 e. The van der Waals surface area contributed by atoms with E-state index in [9.17, 15) is 13.5 Å². The van der Waals surface area contributed by atoms with Crippen molar-refractivity contribution in [2.45, 2.75) is 44.2 Å². The van der Waals surface area contributed by atoms with Crippen LogP contribution >= 0.6 is 0 Å². The number of nitrogens with one attached hydrogen (secondary N) is 1. The van der Waals surface area contributed by atoms with Crippen molar-refractivity contribution >= 4 is 10.0 Å². The molecule has 1 rings (SSSR count). The van der Waals surface area contributed by atoms with Gasteiger partial charge < -0.3 is 5.11 Å². The fourth-order valence-corrected chi connectivity index (χ4v) is 3.16. The maximum Gasteiger partial charge on any atom is 0.240 e. The van der Waals surface area contributed by atoms with Crippen LogP contribution in [0, 0.1) is 18.3 Å². The Morgan fingerprint density at radius 3 is 2.53 bits per heavy atom. The summed E-state index contributed by atoms with van der Waals surface area (Å²) in [5.74, 6) is 0. The molecule has 5 nitrogen and oxygen atoms in total. The third-order valence-electron chi connectivity index (χ3n) is 2.68. The Morgan fingerprint density at radius 2 is 2.05 bits per heavy atom. The van der Waals surface area contributed by atoms with Gasteiger partial charge in [-0.15, -0.1) is 0 Å². The number of hydrogen-bond donors (Lipinski definition) is 2. The molecule has 2 N–H and O–H groups in total. The fourth-order valence-electron chi connectivity index (χ4n) is 1.82. The van der Waals surface area contributed by atoms with Gasteiger partial charge in [-0.2, -0.15) is 5.26 Å². The monoisotopic (exact) mass is 282 g/mol. The van der Waals surface area contributed by atoms with Crippen LogP contribution in [-0.2, 0) is 10.0 Å². The van der Waals surface area contributed by atoms with E-state index in [1.165, 1.54) is 18.2 Å². The summed E-state index contributed by atoms with van der Waals surface area (Å²) < 4.78 is 26.7. The zero-order valence-corrected chi connectivity index (χ0v) is 12.0. The second-order valence-corrected chi connectivity index (χ2v) is 6.41. The normalized spacial score (nSPS) is 14.7. The minimum absolute atomic E-state index is 0.126. The van der Waals surface area contributed by atoms with Crippen molar-refractivity contribution in [1.29, 1.82) is 5.26 Å². The summed E-state index contributed by atoms with van der Waals surface area (Å²) in [5, 5.41) is 18.0. The van der Waals surface area contributed by atoms with E-state index in [2.05, 4.69) is 4.72 Å². The first kappa shape index (κ1) is 15.6. The zero-order valence-electron chi connectivity index (χ0n) is 11.2. The number of benzene rings is 1. The molecule has 6 heteroatoms. The van der Waals surface area contributed by atoms with Gasteiger partial charge in [0.2, 0.25) is 10.0 Å². The summed E-state index contributed by atoms with van der Waals surface area (Å²) in [5.41, 5.74) is 1.07. The van der Waals surface area contributed by atoms with E-state index in [-0.39, 0.29) is 10.9 Å². The number of nitrogens with zero attached hydrogens (tertiary/aromatic N) is 1. The molecule has 0 heterocycles. The number of nitriles is 1. The number of aliphatic hydroxyl groups excluding tert-OH is 1. The molecule has 19 heavy (non-hydrogen) atoms. The molecule has 104 valence electrons. The quantitative estimate of drug-likeness (QED) is 0.852. The van der Waals surface area contributed by atoms with Crippen LogP contribution in [0.25, 0.3) is 0 Å². The molecule has 0 spiro atoms. The van der Waals surface area contributed by atoms with Crippen molar-refractivity contribution in [2.24, 2.45) is 0 Å². The molecule has 0 fully saturated rings. The summed E-state index contributed by atoms with van der Waals surface area (Å²) in [4.78, 5) is 0.126. The molecule has 2 atom stereocenters. The van der Waals surface area contributed by atoms with E-state index in [0.29, 0.717) is 17.5 Å². The summed E-state index contributed by atoms with van der Waals surface area (Å²) in [6, 6.07) is 6.00. The van der Waals surface area contributed by atoms with Gasteiger partial charge in [0.1, 0.15) is 0 Å². The van der Waals surface area contributed by atoms with Gasteiger partial charge in [0.25, 0.3) is 0 Å². The number of sulfonamides is 1. The molecule has 2 unspecified atom stereocenters. The highest BCUT2D eigenvalue weighted by Crippen LogP contribution is 2.15. The largest absolute Gasteiger partial charge is 0.393 e. The fraction of sp³-hybridized carbons (Fsp3) is 0.462. The Hall–Kier alpha value is -1.42. The van der Waals surface area contributed by atoms with Gasteiger partial charge in [0, 0.05) is 6.04 Å². The van der Waals surface area contributed by atoms with Crippen LogP contribution in [0.1, 0.15) is 31.4 Å². The van der Waals surface area contributed by atoms with E-state index in [4.69, 9.17) is 5.26 Å². The summed E-state index contributed by atoms with van der Waals surface area (Å²) in [6.45, 7) is 4.99. The Labute approximate surface area is 113 Å². The Morgan fingerprint density at radius 1 is 1.42 bits per heavy atom. The van der Waals surface area contributed by atoms with Crippen LogP contribution in [-0.4, -0.2) is 25.7 Å². The van der Waals surface area contributed by atoms with E-state index >= 15 is 0 Å². The lowest BCUT2D eigenvalue weighted by atomic mass is 10.1. The Balaban J connectivity index is 2.95. The lowest BCUT2D eigenvalue weighted by Gasteiger charge is -2.16. The average Bonchev–Trinajstić information content (AvgIpc) is 2.26. The van der Waals surface area contributed by atoms with Gasteiger partial charge in [-0.3, -0.25) is 0 Å². The molecule has 0 bridgehead atoms. The molecule has 0 saturated carbocycles. The number of rotatable bonds is 5. The van der Waals surface area contributed by atoms with Crippen molar-refractivity contribution in [3.8, 4) is 6.07 Å². The third kappa shape index (κ3) is 4.31. The maximum absolute atomic E-state index is 12.1. The highest BCUT2D eigenvalue weighted by Gasteiger charge is 2.19. The van der Waals surface area contributed by atoms with Gasteiger partial charge in [0.05, 0.1) is 22.6 Å². The van der Waals surface area contributed by atoms with E-state index in [0.717, 1.165) is 0 Å². The van der Waals surface area contributed by atoms with Crippen LogP contribution in [0.2, 0.25) is 0 Å².